The Labute approximate surface area is 85.8 Å². The van der Waals surface area contributed by atoms with Crippen molar-refractivity contribution in [3.63, 3.8) is 0 Å². The monoisotopic (exact) mass is 221 g/mol. The average Bonchev–Trinajstić information content (AvgIpc) is 2.12. The molecule has 1 unspecified atom stereocenters. The Morgan fingerprint density at radius 3 is 2.21 bits per heavy atom. The van der Waals surface area contributed by atoms with Gasteiger partial charge in [0.15, 0.2) is 15.6 Å². The molecule has 4 nitrogen and oxygen atoms in total. The average molecular weight is 221 g/mol. The highest BCUT2D eigenvalue weighted by Crippen LogP contribution is 2.04. The summed E-state index contributed by atoms with van der Waals surface area (Å²) in [5.41, 5.74) is 5.48. The van der Waals surface area contributed by atoms with Gasteiger partial charge in [0.05, 0.1) is 17.0 Å². The maximum absolute atomic E-state index is 11.4. The first-order valence-corrected chi connectivity index (χ1v) is 6.52. The normalized spacial score (nSPS) is 14.4. The largest absolute Gasteiger partial charge is 0.322 e. The maximum Gasteiger partial charge on any atom is 0.153 e. The van der Waals surface area contributed by atoms with E-state index < -0.39 is 21.1 Å². The van der Waals surface area contributed by atoms with Gasteiger partial charge >= 0.3 is 0 Å². The third-order valence-corrected chi connectivity index (χ3v) is 4.41. The molecule has 0 saturated carbocycles. The van der Waals surface area contributed by atoms with E-state index in [0.717, 1.165) is 0 Å². The van der Waals surface area contributed by atoms with E-state index in [1.807, 2.05) is 0 Å². The number of sulfone groups is 1. The molecule has 84 valence electrons. The van der Waals surface area contributed by atoms with Gasteiger partial charge in [-0.05, 0) is 20.3 Å². The fourth-order valence-electron chi connectivity index (χ4n) is 0.892. The Hall–Kier alpha value is -0.420. The number of carbonyl (C=O) groups excluding carboxylic acids is 1. The van der Waals surface area contributed by atoms with Gasteiger partial charge in [0, 0.05) is 6.42 Å². The fourth-order valence-corrected chi connectivity index (χ4v) is 1.85. The minimum atomic E-state index is -3.11. The SMILES string of the molecule is CCC(N)C(=O)CCS(=O)(=O)C(C)C. The molecular formula is C9H19NO3S. The van der Waals surface area contributed by atoms with Gasteiger partial charge in [-0.15, -0.1) is 0 Å². The van der Waals surface area contributed by atoms with E-state index in [4.69, 9.17) is 5.73 Å². The van der Waals surface area contributed by atoms with Crippen molar-refractivity contribution in [2.24, 2.45) is 5.73 Å². The lowest BCUT2D eigenvalue weighted by Crippen LogP contribution is -2.31. The highest BCUT2D eigenvalue weighted by Gasteiger charge is 2.19. The summed E-state index contributed by atoms with van der Waals surface area (Å²) in [6.45, 7) is 5.03. The number of hydrogen-bond acceptors (Lipinski definition) is 4. The number of nitrogens with two attached hydrogens (primary N) is 1. The second-order valence-electron chi connectivity index (χ2n) is 3.65. The van der Waals surface area contributed by atoms with Crippen LogP contribution in [0.3, 0.4) is 0 Å². The molecule has 0 saturated heterocycles. The zero-order chi connectivity index (χ0) is 11.4. The van der Waals surface area contributed by atoms with Gasteiger partial charge in [-0.3, -0.25) is 4.79 Å². The molecule has 0 aliphatic carbocycles. The molecule has 0 aromatic rings. The highest BCUT2D eigenvalue weighted by atomic mass is 32.2. The molecule has 0 rings (SSSR count). The van der Waals surface area contributed by atoms with Crippen LogP contribution < -0.4 is 5.73 Å². The summed E-state index contributed by atoms with van der Waals surface area (Å²) in [5.74, 6) is -0.256. The number of rotatable bonds is 6. The predicted molar refractivity (Wildman–Crippen MR) is 56.8 cm³/mol. The molecule has 5 heteroatoms. The standard InChI is InChI=1S/C9H19NO3S/c1-4-8(10)9(11)5-6-14(12,13)7(2)3/h7-8H,4-6,10H2,1-3H3. The molecule has 0 fully saturated rings. The van der Waals surface area contributed by atoms with E-state index in [-0.39, 0.29) is 18.0 Å². The molecule has 0 bridgehead atoms. The van der Waals surface area contributed by atoms with Crippen molar-refractivity contribution in [2.75, 3.05) is 5.75 Å². The van der Waals surface area contributed by atoms with Crippen LogP contribution in [0.2, 0.25) is 0 Å². The van der Waals surface area contributed by atoms with Crippen LogP contribution in [0.25, 0.3) is 0 Å². The number of ketones is 1. The second kappa shape index (κ2) is 5.46. The van der Waals surface area contributed by atoms with Crippen LogP contribution in [-0.4, -0.2) is 31.2 Å². The first kappa shape index (κ1) is 13.6. The molecule has 0 aliphatic heterocycles. The molecular weight excluding hydrogens is 202 g/mol. The van der Waals surface area contributed by atoms with Gasteiger partial charge in [-0.1, -0.05) is 6.92 Å². The molecule has 1 atom stereocenters. The minimum Gasteiger partial charge on any atom is -0.322 e. The molecule has 0 radical (unpaired) electrons. The lowest BCUT2D eigenvalue weighted by molar-refractivity contribution is -0.119. The van der Waals surface area contributed by atoms with Crippen LogP contribution in [-0.2, 0) is 14.6 Å². The van der Waals surface area contributed by atoms with Crippen molar-refractivity contribution in [2.45, 2.75) is 44.9 Å². The topological polar surface area (TPSA) is 77.2 Å². The van der Waals surface area contributed by atoms with E-state index in [9.17, 15) is 13.2 Å². The molecule has 0 heterocycles. The van der Waals surface area contributed by atoms with E-state index >= 15 is 0 Å². The van der Waals surface area contributed by atoms with Crippen molar-refractivity contribution >= 4 is 15.6 Å². The van der Waals surface area contributed by atoms with Gasteiger partial charge in [0.2, 0.25) is 0 Å². The first-order valence-electron chi connectivity index (χ1n) is 4.81. The van der Waals surface area contributed by atoms with Crippen molar-refractivity contribution < 1.29 is 13.2 Å². The van der Waals surface area contributed by atoms with Crippen LogP contribution in [0.4, 0.5) is 0 Å². The Kier molecular flexibility index (Phi) is 5.29. The van der Waals surface area contributed by atoms with E-state index in [0.29, 0.717) is 6.42 Å². The van der Waals surface area contributed by atoms with Crippen LogP contribution in [0, 0.1) is 0 Å². The quantitative estimate of drug-likeness (QED) is 0.708. The highest BCUT2D eigenvalue weighted by molar-refractivity contribution is 7.91. The fraction of sp³-hybridized carbons (Fsp3) is 0.889. The maximum atomic E-state index is 11.4. The summed E-state index contributed by atoms with van der Waals surface area (Å²) >= 11 is 0. The van der Waals surface area contributed by atoms with Crippen molar-refractivity contribution in [1.82, 2.24) is 0 Å². The molecule has 14 heavy (non-hydrogen) atoms. The van der Waals surface area contributed by atoms with Gasteiger partial charge in [-0.2, -0.15) is 0 Å². The molecule has 0 aromatic carbocycles. The second-order valence-corrected chi connectivity index (χ2v) is 6.32. The molecule has 0 aliphatic rings. The van der Waals surface area contributed by atoms with Crippen molar-refractivity contribution in [3.05, 3.63) is 0 Å². The van der Waals surface area contributed by atoms with Crippen LogP contribution >= 0.6 is 0 Å². The molecule has 0 amide bonds. The zero-order valence-corrected chi connectivity index (χ0v) is 9.80. The Bertz CT molecular complexity index is 282. The summed E-state index contributed by atoms with van der Waals surface area (Å²) < 4.78 is 22.7. The van der Waals surface area contributed by atoms with Gasteiger partial charge in [0.1, 0.15) is 0 Å². The Balaban J connectivity index is 4.14. The summed E-state index contributed by atoms with van der Waals surface area (Å²) in [4.78, 5) is 11.3. The van der Waals surface area contributed by atoms with Gasteiger partial charge in [0.25, 0.3) is 0 Å². The van der Waals surface area contributed by atoms with Gasteiger partial charge < -0.3 is 5.73 Å². The third kappa shape index (κ3) is 4.19. The molecule has 0 aromatic heterocycles. The van der Waals surface area contributed by atoms with Crippen LogP contribution in [0.1, 0.15) is 33.6 Å². The summed E-state index contributed by atoms with van der Waals surface area (Å²) in [6, 6.07) is -0.516. The van der Waals surface area contributed by atoms with Crippen LogP contribution in [0.15, 0.2) is 0 Å². The number of carbonyl (C=O) groups is 1. The van der Waals surface area contributed by atoms with E-state index in [1.165, 1.54) is 0 Å². The molecule has 0 spiro atoms. The lowest BCUT2D eigenvalue weighted by Gasteiger charge is -2.09. The third-order valence-electron chi connectivity index (χ3n) is 2.20. The Morgan fingerprint density at radius 2 is 1.86 bits per heavy atom. The smallest absolute Gasteiger partial charge is 0.153 e. The number of Topliss-reactive ketones (excluding diaryl/α,β-unsaturated/α-hetero) is 1. The Morgan fingerprint density at radius 1 is 1.36 bits per heavy atom. The number of hydrogen-bond donors (Lipinski definition) is 1. The summed E-state index contributed by atoms with van der Waals surface area (Å²) in [6.07, 6.45) is 0.593. The predicted octanol–water partition coefficient (Wildman–Crippen LogP) is 0.506. The molecule has 2 N–H and O–H groups in total. The lowest BCUT2D eigenvalue weighted by atomic mass is 10.1. The van der Waals surface area contributed by atoms with Crippen molar-refractivity contribution in [3.8, 4) is 0 Å². The minimum absolute atomic E-state index is 0.0372. The van der Waals surface area contributed by atoms with Gasteiger partial charge in [-0.25, -0.2) is 8.42 Å². The van der Waals surface area contributed by atoms with E-state index in [1.54, 1.807) is 20.8 Å². The zero-order valence-electron chi connectivity index (χ0n) is 8.99. The van der Waals surface area contributed by atoms with E-state index in [2.05, 4.69) is 0 Å². The summed E-state index contributed by atoms with van der Waals surface area (Å²) in [7, 11) is -3.11. The first-order chi connectivity index (χ1) is 6.31. The van der Waals surface area contributed by atoms with Crippen LogP contribution in [0.5, 0.6) is 0 Å². The summed E-state index contributed by atoms with van der Waals surface area (Å²) in [5, 5.41) is -0.423. The van der Waals surface area contributed by atoms with Crippen molar-refractivity contribution in [1.29, 1.82) is 0 Å².